The van der Waals surface area contributed by atoms with Crippen LogP contribution in [-0.4, -0.2) is 18.1 Å². The lowest BCUT2D eigenvalue weighted by Crippen LogP contribution is -2.09. The Hall–Kier alpha value is -4.65. The predicted molar refractivity (Wildman–Crippen MR) is 147 cm³/mol. The molecule has 0 bridgehead atoms. The van der Waals surface area contributed by atoms with Crippen molar-refractivity contribution in [2.45, 2.75) is 25.6 Å². The maximum atomic E-state index is 13.8. The van der Waals surface area contributed by atoms with Crippen LogP contribution < -0.4 is 4.74 Å². The molecule has 0 amide bonds. The Bertz CT molecular complexity index is 1650. The van der Waals surface area contributed by atoms with E-state index in [0.29, 0.717) is 35.2 Å². The number of hydrogen-bond donors (Lipinski definition) is 0. The van der Waals surface area contributed by atoms with Crippen molar-refractivity contribution >= 4 is 16.9 Å². The summed E-state index contributed by atoms with van der Waals surface area (Å²) in [5, 5.41) is 0.454. The molecule has 5 aromatic rings. The molecule has 0 aliphatic heterocycles. The average Bonchev–Trinajstić information content (AvgIpc) is 2.96. The molecule has 0 radical (unpaired) electrons. The van der Waals surface area contributed by atoms with Gasteiger partial charge in [0.2, 0.25) is 0 Å². The molecule has 4 nitrogen and oxygen atoms in total. The third kappa shape index (κ3) is 6.31. The van der Waals surface area contributed by atoms with Gasteiger partial charge in [0, 0.05) is 17.5 Å². The zero-order valence-corrected chi connectivity index (χ0v) is 21.7. The fourth-order valence-electron chi connectivity index (χ4n) is 4.64. The molecule has 1 aromatic heterocycles. The first-order valence-corrected chi connectivity index (χ1v) is 12.7. The first-order valence-electron chi connectivity index (χ1n) is 12.7. The Kier molecular flexibility index (Phi) is 7.82. The number of carbonyl (C=O) groups is 1. The van der Waals surface area contributed by atoms with Crippen molar-refractivity contribution in [3.8, 4) is 5.75 Å². The highest BCUT2D eigenvalue weighted by molar-refractivity contribution is 5.89. The second-order valence-electron chi connectivity index (χ2n) is 9.44. The summed E-state index contributed by atoms with van der Waals surface area (Å²) in [5.74, 6) is 0.175. The van der Waals surface area contributed by atoms with Crippen molar-refractivity contribution in [2.24, 2.45) is 0 Å². The molecule has 0 atom stereocenters. The molecule has 0 aliphatic rings. The van der Waals surface area contributed by atoms with Crippen LogP contribution in [0.2, 0.25) is 0 Å². The van der Waals surface area contributed by atoms with Gasteiger partial charge in [-0.05, 0) is 65.1 Å². The van der Waals surface area contributed by atoms with E-state index in [1.165, 1.54) is 13.2 Å². The third-order valence-corrected chi connectivity index (χ3v) is 6.58. The smallest absolute Gasteiger partial charge is 0.418 e. The molecule has 5 rings (SSSR count). The molecule has 0 saturated heterocycles. The number of hydrogen-bond acceptors (Lipinski definition) is 4. The summed E-state index contributed by atoms with van der Waals surface area (Å²) in [5.41, 5.74) is 3.77. The Balaban J connectivity index is 1.45. The van der Waals surface area contributed by atoms with E-state index in [-0.39, 0.29) is 12.1 Å². The van der Waals surface area contributed by atoms with Gasteiger partial charge in [-0.1, -0.05) is 66.7 Å². The van der Waals surface area contributed by atoms with Crippen LogP contribution in [0.1, 0.15) is 43.9 Å². The molecule has 1 heterocycles. The summed E-state index contributed by atoms with van der Waals surface area (Å²) in [6.45, 7) is 0.233. The Morgan fingerprint density at radius 2 is 1.50 bits per heavy atom. The molecule has 7 heteroatoms. The minimum absolute atomic E-state index is 0.0558. The molecule has 40 heavy (non-hydrogen) atoms. The highest BCUT2D eigenvalue weighted by atomic mass is 19.4. The molecule has 0 unspecified atom stereocenters. The number of para-hydroxylation sites is 1. The minimum atomic E-state index is -4.51. The van der Waals surface area contributed by atoms with Gasteiger partial charge < -0.3 is 9.47 Å². The number of rotatable bonds is 8. The topological polar surface area (TPSA) is 48.4 Å². The van der Waals surface area contributed by atoms with Gasteiger partial charge >= 0.3 is 12.1 Å². The van der Waals surface area contributed by atoms with E-state index < -0.39 is 17.7 Å². The summed E-state index contributed by atoms with van der Waals surface area (Å²) in [4.78, 5) is 16.4. The predicted octanol–water partition coefficient (Wildman–Crippen LogP) is 7.80. The highest BCUT2D eigenvalue weighted by Crippen LogP contribution is 2.35. The number of pyridine rings is 1. The number of benzene rings is 4. The second-order valence-corrected chi connectivity index (χ2v) is 9.44. The van der Waals surface area contributed by atoms with Gasteiger partial charge in [0.1, 0.15) is 12.4 Å². The molecular weight excluding hydrogens is 515 g/mol. The standard InChI is InChI=1S/C33H26F3NO3/c1-39-32(38)26-13-5-11-24(17-26)21-40-28-14-6-10-23(18-28)19-30-27(16-22-8-3-2-4-9-22)20-25-12-7-15-29(31(25)37-30)33(34,35)36/h2-15,17-18,20H,16,19,21H2,1H3. The zero-order chi connectivity index (χ0) is 28.1. The van der Waals surface area contributed by atoms with E-state index in [0.717, 1.165) is 28.3 Å². The molecular formula is C33H26F3NO3. The van der Waals surface area contributed by atoms with E-state index in [1.807, 2.05) is 66.7 Å². The lowest BCUT2D eigenvalue weighted by molar-refractivity contribution is -0.136. The summed E-state index contributed by atoms with van der Waals surface area (Å²) >= 11 is 0. The zero-order valence-electron chi connectivity index (χ0n) is 21.7. The van der Waals surface area contributed by atoms with Crippen LogP contribution >= 0.6 is 0 Å². The third-order valence-electron chi connectivity index (χ3n) is 6.58. The first-order chi connectivity index (χ1) is 19.3. The van der Waals surface area contributed by atoms with Gasteiger partial charge in [0.05, 0.1) is 23.8 Å². The monoisotopic (exact) mass is 541 g/mol. The van der Waals surface area contributed by atoms with Crippen LogP contribution in [-0.2, 0) is 30.4 Å². The number of methoxy groups -OCH3 is 1. The quantitative estimate of drug-likeness (QED) is 0.188. The number of carbonyl (C=O) groups excluding carboxylic acids is 1. The van der Waals surface area contributed by atoms with E-state index >= 15 is 0 Å². The summed E-state index contributed by atoms with van der Waals surface area (Å²) in [6.07, 6.45) is -3.63. The SMILES string of the molecule is COC(=O)c1cccc(COc2cccc(Cc3nc4c(C(F)(F)F)cccc4cc3Cc3ccccc3)c2)c1. The van der Waals surface area contributed by atoms with E-state index in [9.17, 15) is 18.0 Å². The number of alkyl halides is 3. The minimum Gasteiger partial charge on any atom is -0.489 e. The van der Waals surface area contributed by atoms with Gasteiger partial charge in [0.15, 0.2) is 0 Å². The fraction of sp³-hybridized carbons (Fsp3) is 0.152. The van der Waals surface area contributed by atoms with E-state index in [1.54, 1.807) is 24.3 Å². The maximum absolute atomic E-state index is 13.8. The van der Waals surface area contributed by atoms with E-state index in [2.05, 4.69) is 4.98 Å². The summed E-state index contributed by atoms with van der Waals surface area (Å²) in [7, 11) is 1.33. The van der Waals surface area contributed by atoms with Crippen LogP contribution in [0, 0.1) is 0 Å². The number of halogens is 3. The molecule has 4 aromatic carbocycles. The van der Waals surface area contributed by atoms with Crippen molar-refractivity contribution < 1.29 is 27.4 Å². The van der Waals surface area contributed by atoms with E-state index in [4.69, 9.17) is 9.47 Å². The average molecular weight is 542 g/mol. The summed E-state index contributed by atoms with van der Waals surface area (Å²) in [6, 6.07) is 30.2. The summed E-state index contributed by atoms with van der Waals surface area (Å²) < 4.78 is 52.2. The number of fused-ring (bicyclic) bond motifs is 1. The van der Waals surface area contributed by atoms with Crippen LogP contribution in [0.15, 0.2) is 103 Å². The molecule has 0 aliphatic carbocycles. The van der Waals surface area contributed by atoms with Gasteiger partial charge in [-0.2, -0.15) is 13.2 Å². The second kappa shape index (κ2) is 11.6. The number of nitrogens with zero attached hydrogens (tertiary/aromatic N) is 1. The van der Waals surface area contributed by atoms with Gasteiger partial charge in [-0.25, -0.2) is 4.79 Å². The van der Waals surface area contributed by atoms with Crippen molar-refractivity contribution in [3.05, 3.63) is 142 Å². The van der Waals surface area contributed by atoms with Crippen LogP contribution in [0.3, 0.4) is 0 Å². The molecule has 0 saturated carbocycles. The maximum Gasteiger partial charge on any atom is 0.418 e. The number of aromatic nitrogens is 1. The van der Waals surface area contributed by atoms with Crippen molar-refractivity contribution in [3.63, 3.8) is 0 Å². The highest BCUT2D eigenvalue weighted by Gasteiger charge is 2.33. The molecule has 202 valence electrons. The first kappa shape index (κ1) is 26.9. The number of esters is 1. The van der Waals surface area contributed by atoms with Crippen molar-refractivity contribution in [1.82, 2.24) is 4.98 Å². The van der Waals surface area contributed by atoms with Crippen LogP contribution in [0.5, 0.6) is 5.75 Å². The van der Waals surface area contributed by atoms with Gasteiger partial charge in [-0.3, -0.25) is 4.98 Å². The Labute approximate surface area is 230 Å². The Morgan fingerprint density at radius 3 is 2.27 bits per heavy atom. The number of ether oxygens (including phenoxy) is 2. The van der Waals surface area contributed by atoms with Crippen molar-refractivity contribution in [1.29, 1.82) is 0 Å². The van der Waals surface area contributed by atoms with Crippen molar-refractivity contribution in [2.75, 3.05) is 7.11 Å². The Morgan fingerprint density at radius 1 is 0.775 bits per heavy atom. The van der Waals surface area contributed by atoms with Crippen LogP contribution in [0.4, 0.5) is 13.2 Å². The molecule has 0 spiro atoms. The lowest BCUT2D eigenvalue weighted by Gasteiger charge is -2.15. The molecule has 0 N–H and O–H groups in total. The lowest BCUT2D eigenvalue weighted by atomic mass is 9.96. The molecule has 0 fully saturated rings. The fourth-order valence-corrected chi connectivity index (χ4v) is 4.64. The van der Waals surface area contributed by atoms with Gasteiger partial charge in [-0.15, -0.1) is 0 Å². The normalized spacial score (nSPS) is 11.4. The largest absolute Gasteiger partial charge is 0.489 e. The van der Waals surface area contributed by atoms with Gasteiger partial charge in [0.25, 0.3) is 0 Å². The van der Waals surface area contributed by atoms with Crippen LogP contribution in [0.25, 0.3) is 10.9 Å².